The summed E-state index contributed by atoms with van der Waals surface area (Å²) in [4.78, 5) is 0.214. The standard InChI is InChI=1S/C12H20N2O3S2/c1-4-14-19(16,17)12-8-6-5-7-11(12)13-9-10(2)18(3)15/h5-8,10,13-14H,4,9H2,1-3H3. The first-order valence-corrected chi connectivity index (χ1v) is 9.13. The number of rotatable bonds is 7. The summed E-state index contributed by atoms with van der Waals surface area (Å²) in [5.74, 6) is 0. The molecule has 0 aliphatic heterocycles. The van der Waals surface area contributed by atoms with Gasteiger partial charge in [0.05, 0.1) is 5.69 Å². The van der Waals surface area contributed by atoms with Gasteiger partial charge in [-0.3, -0.25) is 4.21 Å². The highest BCUT2D eigenvalue weighted by Gasteiger charge is 2.17. The van der Waals surface area contributed by atoms with E-state index in [1.807, 2.05) is 6.92 Å². The molecule has 7 heteroatoms. The maximum Gasteiger partial charge on any atom is 0.242 e. The first-order chi connectivity index (χ1) is 8.88. The summed E-state index contributed by atoms with van der Waals surface area (Å²) in [6.07, 6.45) is 1.63. The molecule has 0 amide bonds. The second kappa shape index (κ2) is 7.02. The third-order valence-corrected chi connectivity index (χ3v) is 5.56. The van der Waals surface area contributed by atoms with Crippen LogP contribution in [-0.4, -0.2) is 37.2 Å². The molecule has 2 unspecified atom stereocenters. The lowest BCUT2D eigenvalue weighted by Gasteiger charge is -2.15. The Balaban J connectivity index is 2.94. The number of nitrogens with one attached hydrogen (secondary N) is 2. The van der Waals surface area contributed by atoms with Crippen molar-refractivity contribution in [2.24, 2.45) is 0 Å². The fraction of sp³-hybridized carbons (Fsp3) is 0.500. The van der Waals surface area contributed by atoms with Gasteiger partial charge in [0.2, 0.25) is 10.0 Å². The van der Waals surface area contributed by atoms with Gasteiger partial charge in [-0.1, -0.05) is 19.1 Å². The summed E-state index contributed by atoms with van der Waals surface area (Å²) in [6.45, 7) is 4.38. The third-order valence-electron chi connectivity index (χ3n) is 2.66. The van der Waals surface area contributed by atoms with Gasteiger partial charge in [-0.15, -0.1) is 0 Å². The van der Waals surface area contributed by atoms with Gasteiger partial charge in [-0.05, 0) is 19.1 Å². The number of sulfonamides is 1. The fourth-order valence-corrected chi connectivity index (χ4v) is 3.03. The molecule has 1 aromatic carbocycles. The molecule has 108 valence electrons. The molecule has 0 aliphatic rings. The highest BCUT2D eigenvalue weighted by molar-refractivity contribution is 7.89. The van der Waals surface area contributed by atoms with Crippen molar-refractivity contribution in [1.82, 2.24) is 4.72 Å². The quantitative estimate of drug-likeness (QED) is 0.793. The Labute approximate surface area is 117 Å². The van der Waals surface area contributed by atoms with Crippen LogP contribution in [0, 0.1) is 0 Å². The van der Waals surface area contributed by atoms with Crippen LogP contribution in [0.2, 0.25) is 0 Å². The monoisotopic (exact) mass is 304 g/mol. The van der Waals surface area contributed by atoms with E-state index in [1.54, 1.807) is 37.4 Å². The highest BCUT2D eigenvalue weighted by Crippen LogP contribution is 2.20. The zero-order valence-electron chi connectivity index (χ0n) is 11.3. The third kappa shape index (κ3) is 4.59. The van der Waals surface area contributed by atoms with E-state index < -0.39 is 20.8 Å². The summed E-state index contributed by atoms with van der Waals surface area (Å²) in [6, 6.07) is 6.70. The molecule has 19 heavy (non-hydrogen) atoms. The summed E-state index contributed by atoms with van der Waals surface area (Å²) >= 11 is 0. The van der Waals surface area contributed by atoms with Crippen LogP contribution in [0.25, 0.3) is 0 Å². The van der Waals surface area contributed by atoms with Crippen LogP contribution >= 0.6 is 0 Å². The SMILES string of the molecule is CCNS(=O)(=O)c1ccccc1NCC(C)S(C)=O. The minimum absolute atomic E-state index is 0.0464. The molecule has 2 atom stereocenters. The molecule has 0 aromatic heterocycles. The Morgan fingerprint density at radius 1 is 1.32 bits per heavy atom. The second-order valence-electron chi connectivity index (χ2n) is 4.19. The molecule has 5 nitrogen and oxygen atoms in total. The van der Waals surface area contributed by atoms with Crippen molar-refractivity contribution in [3.05, 3.63) is 24.3 Å². The van der Waals surface area contributed by atoms with E-state index in [9.17, 15) is 12.6 Å². The van der Waals surface area contributed by atoms with Crippen LogP contribution in [0.4, 0.5) is 5.69 Å². The minimum atomic E-state index is -3.50. The molecule has 0 saturated heterocycles. The number of anilines is 1. The van der Waals surface area contributed by atoms with Crippen LogP contribution in [-0.2, 0) is 20.8 Å². The largest absolute Gasteiger partial charge is 0.383 e. The molecule has 1 rings (SSSR count). The molecular weight excluding hydrogens is 284 g/mol. The smallest absolute Gasteiger partial charge is 0.242 e. The molecule has 0 saturated carbocycles. The Bertz CT molecular complexity index is 544. The molecule has 1 aromatic rings. The predicted molar refractivity (Wildman–Crippen MR) is 79.3 cm³/mol. The lowest BCUT2D eigenvalue weighted by molar-refractivity contribution is 0.584. The average Bonchev–Trinajstić information content (AvgIpc) is 2.36. The number of benzene rings is 1. The maximum atomic E-state index is 12.0. The first-order valence-electron chi connectivity index (χ1n) is 6.03. The summed E-state index contributed by atoms with van der Waals surface area (Å²) in [7, 11) is -4.44. The Kier molecular flexibility index (Phi) is 5.96. The van der Waals surface area contributed by atoms with E-state index >= 15 is 0 Å². The lowest BCUT2D eigenvalue weighted by atomic mass is 10.3. The van der Waals surface area contributed by atoms with Gasteiger partial charge in [-0.2, -0.15) is 0 Å². The lowest BCUT2D eigenvalue weighted by Crippen LogP contribution is -2.26. The van der Waals surface area contributed by atoms with Gasteiger partial charge in [0.1, 0.15) is 4.90 Å². The number of hydrogen-bond donors (Lipinski definition) is 2. The molecule has 0 aliphatic carbocycles. The Morgan fingerprint density at radius 3 is 2.53 bits per heavy atom. The zero-order chi connectivity index (χ0) is 14.5. The van der Waals surface area contributed by atoms with Gasteiger partial charge in [-0.25, -0.2) is 13.1 Å². The predicted octanol–water partition coefficient (Wildman–Crippen LogP) is 1.16. The van der Waals surface area contributed by atoms with Crippen molar-refractivity contribution in [2.45, 2.75) is 24.0 Å². The van der Waals surface area contributed by atoms with Crippen LogP contribution in [0.3, 0.4) is 0 Å². The van der Waals surface area contributed by atoms with Gasteiger partial charge >= 0.3 is 0 Å². The van der Waals surface area contributed by atoms with Crippen molar-refractivity contribution < 1.29 is 12.6 Å². The Hall–Kier alpha value is -0.920. The van der Waals surface area contributed by atoms with E-state index in [4.69, 9.17) is 0 Å². The fourth-order valence-electron chi connectivity index (χ4n) is 1.49. The molecular formula is C12H20N2O3S2. The van der Waals surface area contributed by atoms with Gasteiger partial charge < -0.3 is 5.32 Å². The average molecular weight is 304 g/mol. The molecule has 0 radical (unpaired) electrons. The maximum absolute atomic E-state index is 12.0. The summed E-state index contributed by atoms with van der Waals surface area (Å²) in [5, 5.41) is 3.00. The van der Waals surface area contributed by atoms with E-state index in [1.165, 1.54) is 0 Å². The molecule has 2 N–H and O–H groups in total. The van der Waals surface area contributed by atoms with Gasteiger partial charge in [0, 0.05) is 35.4 Å². The van der Waals surface area contributed by atoms with E-state index in [-0.39, 0.29) is 10.1 Å². The number of para-hydroxylation sites is 1. The van der Waals surface area contributed by atoms with Crippen molar-refractivity contribution in [1.29, 1.82) is 0 Å². The van der Waals surface area contributed by atoms with Crippen molar-refractivity contribution in [3.8, 4) is 0 Å². The molecule has 0 fully saturated rings. The summed E-state index contributed by atoms with van der Waals surface area (Å²) < 4.78 is 37.8. The van der Waals surface area contributed by atoms with Crippen LogP contribution < -0.4 is 10.0 Å². The second-order valence-corrected chi connectivity index (χ2v) is 7.72. The van der Waals surface area contributed by atoms with Crippen LogP contribution in [0.5, 0.6) is 0 Å². The van der Waals surface area contributed by atoms with Gasteiger partial charge in [0.25, 0.3) is 0 Å². The summed E-state index contributed by atoms with van der Waals surface area (Å²) in [5.41, 5.74) is 0.528. The van der Waals surface area contributed by atoms with E-state index in [2.05, 4.69) is 10.0 Å². The minimum Gasteiger partial charge on any atom is -0.383 e. The molecule has 0 spiro atoms. The first kappa shape index (κ1) is 16.1. The normalized spacial score (nSPS) is 14.9. The van der Waals surface area contributed by atoms with Gasteiger partial charge in [0.15, 0.2) is 0 Å². The molecule has 0 bridgehead atoms. The molecule has 0 heterocycles. The topological polar surface area (TPSA) is 75.3 Å². The highest BCUT2D eigenvalue weighted by atomic mass is 32.2. The van der Waals surface area contributed by atoms with E-state index in [0.717, 1.165) is 0 Å². The van der Waals surface area contributed by atoms with E-state index in [0.29, 0.717) is 18.8 Å². The Morgan fingerprint density at radius 2 is 1.95 bits per heavy atom. The van der Waals surface area contributed by atoms with Crippen molar-refractivity contribution in [2.75, 3.05) is 24.7 Å². The van der Waals surface area contributed by atoms with Crippen LogP contribution in [0.1, 0.15) is 13.8 Å². The van der Waals surface area contributed by atoms with Crippen LogP contribution in [0.15, 0.2) is 29.2 Å². The number of hydrogen-bond acceptors (Lipinski definition) is 4. The van der Waals surface area contributed by atoms with Crippen molar-refractivity contribution >= 4 is 26.5 Å². The van der Waals surface area contributed by atoms with Crippen molar-refractivity contribution in [3.63, 3.8) is 0 Å². The zero-order valence-corrected chi connectivity index (χ0v) is 13.0.